The Labute approximate surface area is 134 Å². The lowest BCUT2D eigenvalue weighted by Gasteiger charge is -2.17. The lowest BCUT2D eigenvalue weighted by Crippen LogP contribution is -2.12. The van der Waals surface area contributed by atoms with Crippen LogP contribution < -0.4 is 5.73 Å². The summed E-state index contributed by atoms with van der Waals surface area (Å²) >= 11 is 12.1. The topological polar surface area (TPSA) is 69.6 Å². The number of halogens is 2. The average molecular weight is 328 g/mol. The Bertz CT molecular complexity index is 603. The molecule has 1 aromatic heterocycles. The number of nitrogens with two attached hydrogens (primary N) is 1. The highest BCUT2D eigenvalue weighted by molar-refractivity contribution is 6.43. The minimum absolute atomic E-state index is 0.195. The Morgan fingerprint density at radius 3 is 2.62 bits per heavy atom. The minimum Gasteiger partial charge on any atom is -0.397 e. The van der Waals surface area contributed by atoms with Crippen molar-refractivity contribution in [3.8, 4) is 11.4 Å². The van der Waals surface area contributed by atoms with Crippen LogP contribution in [0.25, 0.3) is 11.4 Å². The number of rotatable bonds is 5. The smallest absolute Gasteiger partial charge is 0.182 e. The second kappa shape index (κ2) is 6.62. The van der Waals surface area contributed by atoms with Gasteiger partial charge in [-0.15, -0.1) is 5.10 Å². The van der Waals surface area contributed by atoms with E-state index in [9.17, 15) is 0 Å². The molecule has 0 saturated heterocycles. The van der Waals surface area contributed by atoms with Crippen LogP contribution in [0.5, 0.6) is 0 Å². The first-order valence-corrected chi connectivity index (χ1v) is 7.72. The van der Waals surface area contributed by atoms with Crippen molar-refractivity contribution < 1.29 is 0 Å². The van der Waals surface area contributed by atoms with E-state index in [0.29, 0.717) is 27.5 Å². The van der Waals surface area contributed by atoms with Gasteiger partial charge in [0.05, 0.1) is 21.8 Å². The van der Waals surface area contributed by atoms with Crippen molar-refractivity contribution in [3.63, 3.8) is 0 Å². The molecule has 7 heteroatoms. The zero-order valence-electron chi connectivity index (χ0n) is 12.3. The minimum atomic E-state index is 0.195. The summed E-state index contributed by atoms with van der Waals surface area (Å²) in [7, 11) is 0. The number of benzene rings is 1. The third-order valence-corrected chi connectivity index (χ3v) is 4.48. The molecule has 0 aliphatic rings. The molecule has 0 radical (unpaired) electrons. The summed E-state index contributed by atoms with van der Waals surface area (Å²) in [5.74, 6) is 1.26. The third kappa shape index (κ3) is 3.47. The van der Waals surface area contributed by atoms with E-state index in [1.54, 1.807) is 12.1 Å². The number of nitrogen functional groups attached to an aromatic ring is 1. The van der Waals surface area contributed by atoms with Crippen LogP contribution in [0.3, 0.4) is 0 Å². The Hall–Kier alpha value is -1.33. The van der Waals surface area contributed by atoms with E-state index in [-0.39, 0.29) is 6.04 Å². The summed E-state index contributed by atoms with van der Waals surface area (Å²) in [6.07, 6.45) is 2.13. The second-order valence-corrected chi connectivity index (χ2v) is 6.19. The summed E-state index contributed by atoms with van der Waals surface area (Å²) in [4.78, 5) is 0. The van der Waals surface area contributed by atoms with Crippen molar-refractivity contribution in [2.24, 2.45) is 5.92 Å². The standard InChI is InChI=1S/C14H19Cl2N5/c1-4-8(2)5-9(3)21-14(18-19-20-21)10-6-11(15)13(16)12(17)7-10/h6-9H,4-5,17H2,1-3H3. The van der Waals surface area contributed by atoms with Crippen molar-refractivity contribution >= 4 is 28.9 Å². The van der Waals surface area contributed by atoms with E-state index in [0.717, 1.165) is 18.4 Å². The fourth-order valence-corrected chi connectivity index (χ4v) is 2.60. The number of aromatic nitrogens is 4. The maximum absolute atomic E-state index is 6.08. The molecule has 1 heterocycles. The van der Waals surface area contributed by atoms with Crippen molar-refractivity contribution in [2.45, 2.75) is 39.7 Å². The van der Waals surface area contributed by atoms with Gasteiger partial charge in [-0.2, -0.15) is 0 Å². The van der Waals surface area contributed by atoms with Gasteiger partial charge in [-0.25, -0.2) is 4.68 Å². The molecule has 114 valence electrons. The summed E-state index contributed by atoms with van der Waals surface area (Å²) in [6, 6.07) is 3.67. The molecule has 0 saturated carbocycles. The second-order valence-electron chi connectivity index (χ2n) is 5.41. The number of hydrogen-bond donors (Lipinski definition) is 1. The van der Waals surface area contributed by atoms with Crippen LogP contribution in [0.2, 0.25) is 10.0 Å². The predicted octanol–water partition coefficient (Wildman–Crippen LogP) is 4.23. The van der Waals surface area contributed by atoms with Crippen molar-refractivity contribution in [2.75, 3.05) is 5.73 Å². The van der Waals surface area contributed by atoms with Crippen molar-refractivity contribution in [3.05, 3.63) is 22.2 Å². The molecule has 2 rings (SSSR count). The van der Waals surface area contributed by atoms with E-state index in [4.69, 9.17) is 28.9 Å². The SMILES string of the molecule is CCC(C)CC(C)n1nnnc1-c1cc(N)c(Cl)c(Cl)c1. The van der Waals surface area contributed by atoms with E-state index in [1.807, 2.05) is 4.68 Å². The first-order valence-electron chi connectivity index (χ1n) is 6.96. The number of nitrogens with zero attached hydrogens (tertiary/aromatic N) is 4. The van der Waals surface area contributed by atoms with Gasteiger partial charge in [0.1, 0.15) is 0 Å². The Kier molecular flexibility index (Phi) is 5.06. The number of hydrogen-bond acceptors (Lipinski definition) is 4. The maximum Gasteiger partial charge on any atom is 0.182 e. The first kappa shape index (κ1) is 16.0. The van der Waals surface area contributed by atoms with Gasteiger partial charge in [0.2, 0.25) is 0 Å². The van der Waals surface area contributed by atoms with Gasteiger partial charge in [-0.3, -0.25) is 0 Å². The molecular formula is C14H19Cl2N5. The van der Waals surface area contributed by atoms with Crippen LogP contribution in [0.4, 0.5) is 5.69 Å². The highest BCUT2D eigenvalue weighted by Crippen LogP contribution is 2.34. The van der Waals surface area contributed by atoms with Gasteiger partial charge >= 0.3 is 0 Å². The molecule has 0 spiro atoms. The summed E-state index contributed by atoms with van der Waals surface area (Å²) in [5.41, 5.74) is 7.05. The fraction of sp³-hybridized carbons (Fsp3) is 0.500. The normalized spacial score (nSPS) is 14.1. The number of tetrazole rings is 1. The summed E-state index contributed by atoms with van der Waals surface area (Å²) < 4.78 is 1.81. The fourth-order valence-electron chi connectivity index (χ4n) is 2.27. The van der Waals surface area contributed by atoms with E-state index in [1.165, 1.54) is 0 Å². The molecule has 5 nitrogen and oxygen atoms in total. The highest BCUT2D eigenvalue weighted by Gasteiger charge is 2.18. The van der Waals surface area contributed by atoms with Gasteiger partial charge in [0, 0.05) is 5.56 Å². The van der Waals surface area contributed by atoms with Gasteiger partial charge in [0.15, 0.2) is 5.82 Å². The molecule has 2 aromatic rings. The molecule has 0 fully saturated rings. The lowest BCUT2D eigenvalue weighted by molar-refractivity contribution is 0.371. The largest absolute Gasteiger partial charge is 0.397 e. The van der Waals surface area contributed by atoms with Crippen LogP contribution >= 0.6 is 23.2 Å². The predicted molar refractivity (Wildman–Crippen MR) is 86.5 cm³/mol. The summed E-state index contributed by atoms with van der Waals surface area (Å²) in [5, 5.41) is 12.7. The molecule has 2 unspecified atom stereocenters. The first-order chi connectivity index (χ1) is 9.93. The number of anilines is 1. The molecule has 21 heavy (non-hydrogen) atoms. The zero-order chi connectivity index (χ0) is 15.6. The lowest BCUT2D eigenvalue weighted by atomic mass is 10.0. The van der Waals surface area contributed by atoms with Gasteiger partial charge in [-0.05, 0) is 41.8 Å². The third-order valence-electron chi connectivity index (χ3n) is 3.67. The van der Waals surface area contributed by atoms with Gasteiger partial charge in [0.25, 0.3) is 0 Å². The molecular weight excluding hydrogens is 309 g/mol. The van der Waals surface area contributed by atoms with E-state index < -0.39 is 0 Å². The monoisotopic (exact) mass is 327 g/mol. The molecule has 0 aliphatic carbocycles. The van der Waals surface area contributed by atoms with Crippen LogP contribution in [0.1, 0.15) is 39.7 Å². The van der Waals surface area contributed by atoms with Gasteiger partial charge < -0.3 is 5.73 Å². The Morgan fingerprint density at radius 2 is 2.00 bits per heavy atom. The van der Waals surface area contributed by atoms with Crippen molar-refractivity contribution in [1.82, 2.24) is 20.2 Å². The Morgan fingerprint density at radius 1 is 1.29 bits per heavy atom. The van der Waals surface area contributed by atoms with Crippen LogP contribution in [-0.2, 0) is 0 Å². The zero-order valence-corrected chi connectivity index (χ0v) is 13.9. The van der Waals surface area contributed by atoms with Crippen LogP contribution in [0.15, 0.2) is 12.1 Å². The maximum atomic E-state index is 6.08. The Balaban J connectivity index is 2.36. The quantitative estimate of drug-likeness (QED) is 0.834. The molecule has 2 N–H and O–H groups in total. The van der Waals surface area contributed by atoms with E-state index in [2.05, 4.69) is 36.3 Å². The molecule has 2 atom stereocenters. The van der Waals surface area contributed by atoms with E-state index >= 15 is 0 Å². The average Bonchev–Trinajstić information content (AvgIpc) is 2.93. The van der Waals surface area contributed by atoms with Crippen LogP contribution in [-0.4, -0.2) is 20.2 Å². The van der Waals surface area contributed by atoms with Crippen molar-refractivity contribution in [1.29, 1.82) is 0 Å². The molecule has 0 aliphatic heterocycles. The molecule has 1 aromatic carbocycles. The summed E-state index contributed by atoms with van der Waals surface area (Å²) in [6.45, 7) is 6.50. The highest BCUT2D eigenvalue weighted by atomic mass is 35.5. The molecule has 0 bridgehead atoms. The van der Waals surface area contributed by atoms with Gasteiger partial charge in [-0.1, -0.05) is 43.5 Å². The molecule has 0 amide bonds. The van der Waals surface area contributed by atoms with Crippen LogP contribution in [0, 0.1) is 5.92 Å².